The average molecular weight is 507 g/mol. The Bertz CT molecular complexity index is 1380. The minimum absolute atomic E-state index is 0.0931. The van der Waals surface area contributed by atoms with Gasteiger partial charge >= 0.3 is 0 Å². The lowest BCUT2D eigenvalue weighted by Gasteiger charge is -2.11. The fraction of sp³-hybridized carbons (Fsp3) is 0.188. The molecule has 4 aromatic carbocycles. The third-order valence-corrected chi connectivity index (χ3v) is 7.13. The van der Waals surface area contributed by atoms with Crippen LogP contribution < -0.4 is 10.6 Å². The Balaban J connectivity index is 1.13. The molecule has 6 heteroatoms. The Labute approximate surface area is 221 Å². The molecule has 0 spiro atoms. The van der Waals surface area contributed by atoms with Crippen molar-refractivity contribution in [2.75, 3.05) is 10.6 Å². The highest BCUT2D eigenvalue weighted by Crippen LogP contribution is 2.33. The van der Waals surface area contributed by atoms with Gasteiger partial charge in [-0.25, -0.2) is 8.78 Å². The topological polar surface area (TPSA) is 48.8 Å². The highest BCUT2D eigenvalue weighted by Gasteiger charge is 2.21. The first-order valence-corrected chi connectivity index (χ1v) is 13.0. The number of benzene rings is 4. The second-order valence-electron chi connectivity index (χ2n) is 9.72. The van der Waals surface area contributed by atoms with E-state index < -0.39 is 11.6 Å². The van der Waals surface area contributed by atoms with Crippen LogP contribution in [-0.4, -0.2) is 11.7 Å². The molecule has 2 heterocycles. The highest BCUT2D eigenvalue weighted by molar-refractivity contribution is 5.98. The molecule has 2 atom stereocenters. The van der Waals surface area contributed by atoms with E-state index in [2.05, 4.69) is 34.9 Å². The van der Waals surface area contributed by atoms with Crippen LogP contribution in [0.25, 0.3) is 11.1 Å². The lowest BCUT2D eigenvalue weighted by atomic mass is 10.0. The largest absolute Gasteiger partial charge is 0.342 e. The van der Waals surface area contributed by atoms with E-state index in [1.54, 1.807) is 24.3 Å². The molecule has 0 bridgehead atoms. The van der Waals surface area contributed by atoms with Gasteiger partial charge in [0.25, 0.3) is 0 Å². The highest BCUT2D eigenvalue weighted by atomic mass is 19.1. The summed E-state index contributed by atoms with van der Waals surface area (Å²) >= 11 is 0. The van der Waals surface area contributed by atoms with Crippen LogP contribution in [0.1, 0.15) is 48.9 Å². The molecule has 0 saturated carbocycles. The number of rotatable bonds is 5. The van der Waals surface area contributed by atoms with Gasteiger partial charge in [-0.2, -0.15) is 0 Å². The second kappa shape index (κ2) is 10.6. The molecule has 0 amide bonds. The Morgan fingerprint density at radius 2 is 0.974 bits per heavy atom. The summed E-state index contributed by atoms with van der Waals surface area (Å²) in [5, 5.41) is 6.28. The molecule has 2 unspecified atom stereocenters. The maximum atomic E-state index is 15.0. The van der Waals surface area contributed by atoms with Gasteiger partial charge in [0.1, 0.15) is 23.3 Å². The molecular formula is C32H28F2N4. The van der Waals surface area contributed by atoms with Crippen molar-refractivity contribution in [2.24, 2.45) is 9.98 Å². The van der Waals surface area contributed by atoms with E-state index in [4.69, 9.17) is 9.98 Å². The first kappa shape index (κ1) is 24.0. The predicted molar refractivity (Wildman–Crippen MR) is 151 cm³/mol. The van der Waals surface area contributed by atoms with Crippen molar-refractivity contribution < 1.29 is 8.78 Å². The predicted octanol–water partition coefficient (Wildman–Crippen LogP) is 8.32. The summed E-state index contributed by atoms with van der Waals surface area (Å²) in [6.45, 7) is 0. The van der Waals surface area contributed by atoms with Gasteiger partial charge in [0.2, 0.25) is 0 Å². The van der Waals surface area contributed by atoms with Crippen molar-refractivity contribution in [3.05, 3.63) is 120 Å². The van der Waals surface area contributed by atoms with Crippen LogP contribution in [0.15, 0.2) is 107 Å². The first-order valence-electron chi connectivity index (χ1n) is 13.0. The molecule has 2 N–H and O–H groups in total. The van der Waals surface area contributed by atoms with Gasteiger partial charge in [-0.05, 0) is 59.4 Å². The Morgan fingerprint density at radius 3 is 1.37 bits per heavy atom. The van der Waals surface area contributed by atoms with Gasteiger partial charge in [0, 0.05) is 12.8 Å². The molecule has 2 aliphatic rings. The van der Waals surface area contributed by atoms with E-state index in [1.165, 1.54) is 12.1 Å². The van der Waals surface area contributed by atoms with Crippen molar-refractivity contribution in [1.82, 2.24) is 0 Å². The van der Waals surface area contributed by atoms with E-state index in [9.17, 15) is 8.78 Å². The lowest BCUT2D eigenvalue weighted by molar-refractivity contribution is 0.630. The first-order chi connectivity index (χ1) is 18.6. The Kier molecular flexibility index (Phi) is 6.69. The van der Waals surface area contributed by atoms with E-state index in [1.807, 2.05) is 36.4 Å². The van der Waals surface area contributed by atoms with Gasteiger partial charge in [0.15, 0.2) is 0 Å². The number of hydrogen-bond acceptors (Lipinski definition) is 4. The van der Waals surface area contributed by atoms with Crippen LogP contribution in [0.5, 0.6) is 0 Å². The van der Waals surface area contributed by atoms with Crippen LogP contribution in [0, 0.1) is 11.6 Å². The zero-order valence-electron chi connectivity index (χ0n) is 20.9. The van der Waals surface area contributed by atoms with E-state index in [-0.39, 0.29) is 12.1 Å². The summed E-state index contributed by atoms with van der Waals surface area (Å²) in [5.41, 5.74) is 4.28. The standard InChI is InChI=1S/C32H28F2N4/c33-25-19-23(11-13-29(25)37-31-17-15-27(35-31)21-7-3-1-4-8-21)24-12-14-30(26(34)20-24)38-32-18-16-28(36-32)22-9-5-2-6-10-22/h1-14,19-20,27-28H,15-18H2,(H,35,37)(H,36,38). The fourth-order valence-corrected chi connectivity index (χ4v) is 5.11. The number of hydrogen-bond donors (Lipinski definition) is 2. The van der Waals surface area contributed by atoms with Crippen LogP contribution in [0.3, 0.4) is 0 Å². The number of nitrogens with one attached hydrogen (secondary N) is 2. The molecule has 0 aromatic heterocycles. The summed E-state index contributed by atoms with van der Waals surface area (Å²) in [7, 11) is 0. The normalized spacial score (nSPS) is 18.7. The third kappa shape index (κ3) is 5.21. The molecule has 6 rings (SSSR count). The van der Waals surface area contributed by atoms with Crippen LogP contribution >= 0.6 is 0 Å². The average Bonchev–Trinajstić information content (AvgIpc) is 3.62. The van der Waals surface area contributed by atoms with E-state index in [0.717, 1.165) is 48.5 Å². The number of aliphatic imine (C=N–C) groups is 2. The summed E-state index contributed by atoms with van der Waals surface area (Å²) < 4.78 is 30.0. The SMILES string of the molecule is Fc1cc(-c2ccc(NC3=NC(c4ccccc4)CC3)c(F)c2)ccc1NC1=NC(c2ccccc2)CC1. The van der Waals surface area contributed by atoms with E-state index >= 15 is 0 Å². The van der Waals surface area contributed by atoms with Gasteiger partial charge in [-0.3, -0.25) is 9.98 Å². The van der Waals surface area contributed by atoms with Gasteiger partial charge in [-0.1, -0.05) is 72.8 Å². The summed E-state index contributed by atoms with van der Waals surface area (Å²) in [4.78, 5) is 9.47. The maximum Gasteiger partial charge on any atom is 0.147 e. The lowest BCUT2D eigenvalue weighted by Crippen LogP contribution is -2.10. The summed E-state index contributed by atoms with van der Waals surface area (Å²) in [6, 6.07) is 30.3. The minimum Gasteiger partial charge on any atom is -0.342 e. The molecule has 2 aliphatic heterocycles. The smallest absolute Gasteiger partial charge is 0.147 e. The molecule has 0 saturated heterocycles. The molecule has 4 nitrogen and oxygen atoms in total. The summed E-state index contributed by atoms with van der Waals surface area (Å²) in [6.07, 6.45) is 3.31. The van der Waals surface area contributed by atoms with Crippen LogP contribution in [-0.2, 0) is 0 Å². The van der Waals surface area contributed by atoms with Crippen molar-refractivity contribution in [2.45, 2.75) is 37.8 Å². The molecular weight excluding hydrogens is 478 g/mol. The van der Waals surface area contributed by atoms with Crippen LogP contribution in [0.2, 0.25) is 0 Å². The molecule has 0 radical (unpaired) electrons. The molecule has 38 heavy (non-hydrogen) atoms. The van der Waals surface area contributed by atoms with Crippen molar-refractivity contribution in [3.63, 3.8) is 0 Å². The zero-order chi connectivity index (χ0) is 25.9. The number of nitrogens with zero attached hydrogens (tertiary/aromatic N) is 2. The van der Waals surface area contributed by atoms with E-state index in [0.29, 0.717) is 22.5 Å². The molecule has 0 fully saturated rings. The maximum absolute atomic E-state index is 15.0. The fourth-order valence-electron chi connectivity index (χ4n) is 5.11. The van der Waals surface area contributed by atoms with Gasteiger partial charge in [0.05, 0.1) is 23.5 Å². The van der Waals surface area contributed by atoms with Crippen molar-refractivity contribution >= 4 is 23.0 Å². The van der Waals surface area contributed by atoms with Crippen LogP contribution in [0.4, 0.5) is 20.2 Å². The zero-order valence-corrected chi connectivity index (χ0v) is 20.9. The summed E-state index contributed by atoms with van der Waals surface area (Å²) in [5.74, 6) is 0.749. The molecule has 4 aromatic rings. The van der Waals surface area contributed by atoms with Gasteiger partial charge in [-0.15, -0.1) is 0 Å². The quantitative estimate of drug-likeness (QED) is 0.286. The van der Waals surface area contributed by atoms with Gasteiger partial charge < -0.3 is 10.6 Å². The minimum atomic E-state index is -0.400. The third-order valence-electron chi connectivity index (χ3n) is 7.13. The number of amidine groups is 2. The number of halogens is 2. The second-order valence-corrected chi connectivity index (χ2v) is 9.72. The number of anilines is 2. The Hall–Kier alpha value is -4.32. The monoisotopic (exact) mass is 506 g/mol. The Morgan fingerprint density at radius 1 is 0.553 bits per heavy atom. The molecule has 0 aliphatic carbocycles. The van der Waals surface area contributed by atoms with Crippen molar-refractivity contribution in [3.8, 4) is 11.1 Å². The van der Waals surface area contributed by atoms with Crippen molar-refractivity contribution in [1.29, 1.82) is 0 Å². The molecule has 190 valence electrons.